The van der Waals surface area contributed by atoms with Gasteiger partial charge in [0.2, 0.25) is 0 Å². The molecule has 4 rings (SSSR count). The molecule has 1 atom stereocenters. The fraction of sp³-hybridized carbons (Fsp3) is 0.267. The maximum absolute atomic E-state index is 12.7. The summed E-state index contributed by atoms with van der Waals surface area (Å²) in [5.41, 5.74) is 1.67. The number of amides is 1. The van der Waals surface area contributed by atoms with Gasteiger partial charge in [-0.15, -0.1) is 11.3 Å². The molecule has 1 aliphatic heterocycles. The van der Waals surface area contributed by atoms with Crippen LogP contribution in [0.1, 0.15) is 34.2 Å². The van der Waals surface area contributed by atoms with Crippen LogP contribution in [0.2, 0.25) is 4.34 Å². The molecule has 0 unspecified atom stereocenters. The number of para-hydroxylation sites is 1. The Balaban J connectivity index is 1.80. The molecule has 5 heteroatoms. The van der Waals surface area contributed by atoms with E-state index in [1.165, 1.54) is 11.3 Å². The van der Waals surface area contributed by atoms with Crippen LogP contribution in [0.15, 0.2) is 36.4 Å². The van der Waals surface area contributed by atoms with Crippen LogP contribution in [-0.2, 0) is 0 Å². The van der Waals surface area contributed by atoms with Crippen molar-refractivity contribution in [1.82, 2.24) is 4.90 Å². The maximum atomic E-state index is 12.7. The highest BCUT2D eigenvalue weighted by atomic mass is 35.5. The number of nitrogens with zero attached hydrogens (tertiary/aromatic N) is 1. The van der Waals surface area contributed by atoms with E-state index in [1.54, 1.807) is 0 Å². The molecule has 2 heterocycles. The first-order valence-corrected chi connectivity index (χ1v) is 7.87. The number of benzene rings is 1. The molecule has 0 spiro atoms. The summed E-state index contributed by atoms with van der Waals surface area (Å²) in [7, 11) is 0. The molecule has 2 aromatic rings. The molecule has 1 aliphatic carbocycles. The molecule has 1 aromatic carbocycles. The number of hydrogen-bond acceptors (Lipinski definition) is 3. The Hall–Kier alpha value is -1.52. The molecule has 1 saturated carbocycles. The molecule has 0 saturated heterocycles. The first-order valence-electron chi connectivity index (χ1n) is 6.67. The van der Waals surface area contributed by atoms with Gasteiger partial charge < -0.3 is 10.2 Å². The third kappa shape index (κ3) is 1.91. The van der Waals surface area contributed by atoms with Gasteiger partial charge in [0.25, 0.3) is 5.91 Å². The Bertz CT molecular complexity index is 680. The Labute approximate surface area is 126 Å². The van der Waals surface area contributed by atoms with Crippen LogP contribution in [0.4, 0.5) is 5.69 Å². The highest BCUT2D eigenvalue weighted by molar-refractivity contribution is 7.16. The Morgan fingerprint density at radius 3 is 2.70 bits per heavy atom. The van der Waals surface area contributed by atoms with E-state index >= 15 is 0 Å². The minimum absolute atomic E-state index is 0.0950. The second kappa shape index (κ2) is 4.50. The summed E-state index contributed by atoms with van der Waals surface area (Å²) in [6, 6.07) is 11.9. The molecule has 1 fully saturated rings. The highest BCUT2D eigenvalue weighted by Gasteiger charge is 2.42. The minimum Gasteiger partial charge on any atom is -0.360 e. The Morgan fingerprint density at radius 2 is 2.00 bits per heavy atom. The van der Waals surface area contributed by atoms with Crippen molar-refractivity contribution in [3.05, 3.63) is 51.2 Å². The summed E-state index contributed by atoms with van der Waals surface area (Å²) in [6.07, 6.45) is 2.08. The van der Waals surface area contributed by atoms with Crippen molar-refractivity contribution < 1.29 is 4.79 Å². The number of hydrogen-bond donors (Lipinski definition) is 1. The topological polar surface area (TPSA) is 32.3 Å². The van der Waals surface area contributed by atoms with Gasteiger partial charge in [0.1, 0.15) is 6.17 Å². The third-order valence-corrected chi connectivity index (χ3v) is 5.05. The van der Waals surface area contributed by atoms with Gasteiger partial charge in [0.05, 0.1) is 9.90 Å². The molecule has 1 aromatic heterocycles. The van der Waals surface area contributed by atoms with Crippen LogP contribution in [0, 0.1) is 0 Å². The summed E-state index contributed by atoms with van der Waals surface area (Å²) >= 11 is 7.58. The standard InChI is InChI=1S/C15H13ClN2OS/c16-13-8-7-12(20-13)14-17-11-4-2-1-3-10(11)15(19)18(14)9-5-6-9/h1-4,7-9,14,17H,5-6H2/t14-/m1/s1. The number of thiophene rings is 1. The van der Waals surface area contributed by atoms with Crippen molar-refractivity contribution in [2.24, 2.45) is 0 Å². The second-order valence-electron chi connectivity index (χ2n) is 5.18. The largest absolute Gasteiger partial charge is 0.360 e. The number of halogens is 1. The SMILES string of the molecule is O=C1c2ccccc2N[C@@H](c2ccc(Cl)s2)N1C1CC1. The van der Waals surface area contributed by atoms with Crippen LogP contribution >= 0.6 is 22.9 Å². The van der Waals surface area contributed by atoms with Gasteiger partial charge in [-0.1, -0.05) is 23.7 Å². The highest BCUT2D eigenvalue weighted by Crippen LogP contribution is 2.42. The Morgan fingerprint density at radius 1 is 1.20 bits per heavy atom. The predicted octanol–water partition coefficient (Wildman–Crippen LogP) is 4.13. The van der Waals surface area contributed by atoms with E-state index in [0.717, 1.165) is 33.3 Å². The second-order valence-corrected chi connectivity index (χ2v) is 6.92. The molecule has 2 aliphatic rings. The number of nitrogens with one attached hydrogen (secondary N) is 1. The molecule has 1 amide bonds. The molecular formula is C15H13ClN2OS. The van der Waals surface area contributed by atoms with E-state index in [1.807, 2.05) is 41.3 Å². The van der Waals surface area contributed by atoms with Crippen LogP contribution < -0.4 is 5.32 Å². The zero-order valence-corrected chi connectivity index (χ0v) is 12.2. The van der Waals surface area contributed by atoms with Gasteiger partial charge in [-0.2, -0.15) is 0 Å². The van der Waals surface area contributed by atoms with E-state index in [2.05, 4.69) is 5.32 Å². The molecule has 102 valence electrons. The minimum atomic E-state index is -0.0950. The number of rotatable bonds is 2. The molecular weight excluding hydrogens is 292 g/mol. The molecule has 3 nitrogen and oxygen atoms in total. The van der Waals surface area contributed by atoms with E-state index < -0.39 is 0 Å². The third-order valence-electron chi connectivity index (χ3n) is 3.77. The van der Waals surface area contributed by atoms with Gasteiger partial charge in [0, 0.05) is 16.6 Å². The lowest BCUT2D eigenvalue weighted by Crippen LogP contribution is -2.43. The van der Waals surface area contributed by atoms with Crippen LogP contribution in [0.25, 0.3) is 0 Å². The molecule has 1 N–H and O–H groups in total. The van der Waals surface area contributed by atoms with E-state index in [-0.39, 0.29) is 12.1 Å². The van der Waals surface area contributed by atoms with Crippen molar-refractivity contribution in [2.75, 3.05) is 5.32 Å². The molecule has 20 heavy (non-hydrogen) atoms. The van der Waals surface area contributed by atoms with Crippen LogP contribution in [-0.4, -0.2) is 16.8 Å². The van der Waals surface area contributed by atoms with Crippen LogP contribution in [0.3, 0.4) is 0 Å². The normalized spacial score (nSPS) is 21.6. The average Bonchev–Trinajstić information content (AvgIpc) is 3.20. The fourth-order valence-electron chi connectivity index (χ4n) is 2.68. The first-order chi connectivity index (χ1) is 9.74. The number of anilines is 1. The van der Waals surface area contributed by atoms with E-state index in [9.17, 15) is 4.79 Å². The molecule has 0 bridgehead atoms. The fourth-order valence-corrected chi connectivity index (χ4v) is 3.79. The van der Waals surface area contributed by atoms with E-state index in [4.69, 9.17) is 11.6 Å². The first kappa shape index (κ1) is 12.2. The zero-order valence-electron chi connectivity index (χ0n) is 10.7. The van der Waals surface area contributed by atoms with Gasteiger partial charge in [-0.3, -0.25) is 4.79 Å². The van der Waals surface area contributed by atoms with Crippen molar-refractivity contribution in [1.29, 1.82) is 0 Å². The summed E-state index contributed by atoms with van der Waals surface area (Å²) in [5, 5.41) is 3.49. The Kier molecular flexibility index (Phi) is 2.75. The zero-order chi connectivity index (χ0) is 13.7. The van der Waals surface area contributed by atoms with Crippen molar-refractivity contribution in [3.8, 4) is 0 Å². The van der Waals surface area contributed by atoms with Gasteiger partial charge in [0.15, 0.2) is 0 Å². The summed E-state index contributed by atoms with van der Waals surface area (Å²) in [4.78, 5) is 15.8. The average molecular weight is 305 g/mol. The monoisotopic (exact) mass is 304 g/mol. The summed E-state index contributed by atoms with van der Waals surface area (Å²) < 4.78 is 0.754. The van der Waals surface area contributed by atoms with Gasteiger partial charge >= 0.3 is 0 Å². The van der Waals surface area contributed by atoms with Crippen molar-refractivity contribution in [3.63, 3.8) is 0 Å². The van der Waals surface area contributed by atoms with E-state index in [0.29, 0.717) is 6.04 Å². The summed E-state index contributed by atoms with van der Waals surface area (Å²) in [5.74, 6) is 0.122. The maximum Gasteiger partial charge on any atom is 0.258 e. The lowest BCUT2D eigenvalue weighted by atomic mass is 10.1. The molecule has 0 radical (unpaired) electrons. The van der Waals surface area contributed by atoms with Crippen molar-refractivity contribution in [2.45, 2.75) is 25.0 Å². The van der Waals surface area contributed by atoms with Crippen LogP contribution in [0.5, 0.6) is 0 Å². The smallest absolute Gasteiger partial charge is 0.258 e. The lowest BCUT2D eigenvalue weighted by Gasteiger charge is -2.37. The lowest BCUT2D eigenvalue weighted by molar-refractivity contribution is 0.0669. The van der Waals surface area contributed by atoms with Gasteiger partial charge in [-0.05, 0) is 37.1 Å². The quantitative estimate of drug-likeness (QED) is 0.904. The number of carbonyl (C=O) groups is 1. The van der Waals surface area contributed by atoms with Gasteiger partial charge in [-0.25, -0.2) is 0 Å². The number of fused-ring (bicyclic) bond motifs is 1. The number of carbonyl (C=O) groups excluding carboxylic acids is 1. The summed E-state index contributed by atoms with van der Waals surface area (Å²) in [6.45, 7) is 0. The predicted molar refractivity (Wildman–Crippen MR) is 81.3 cm³/mol. The van der Waals surface area contributed by atoms with Crippen molar-refractivity contribution >= 4 is 34.5 Å².